The second-order valence-corrected chi connectivity index (χ2v) is 13.2. The molecule has 5 rings (SSSR count). The number of hydrogen-bond acceptors (Lipinski definition) is 12. The van der Waals surface area contributed by atoms with E-state index in [9.17, 15) is 24.8 Å². The first-order valence-corrected chi connectivity index (χ1v) is 17.2. The summed E-state index contributed by atoms with van der Waals surface area (Å²) in [5.41, 5.74) is 5.06. The first-order chi connectivity index (χ1) is 23.1. The predicted octanol–water partition coefficient (Wildman–Crippen LogP) is 3.53. The van der Waals surface area contributed by atoms with Gasteiger partial charge in [-0.05, 0) is 42.2 Å². The van der Waals surface area contributed by atoms with Crippen LogP contribution in [0.4, 0.5) is 5.82 Å². The fourth-order valence-electron chi connectivity index (χ4n) is 5.48. The van der Waals surface area contributed by atoms with Crippen LogP contribution in [-0.4, -0.2) is 68.3 Å². The fraction of sp³-hybridized carbons (Fsp3) is 0.394. The Morgan fingerprint density at radius 2 is 1.81 bits per heavy atom. The molecule has 0 saturated carbocycles. The highest BCUT2D eigenvalue weighted by Gasteiger charge is 2.58. The summed E-state index contributed by atoms with van der Waals surface area (Å²) in [6.07, 6.45) is -1.88. The van der Waals surface area contributed by atoms with Crippen LogP contribution in [0.3, 0.4) is 0 Å². The molecule has 3 heterocycles. The van der Waals surface area contributed by atoms with Gasteiger partial charge in [0.05, 0.1) is 18.9 Å². The Bertz CT molecular complexity index is 1770. The lowest BCUT2D eigenvalue weighted by molar-refractivity contribution is -0.147. The van der Waals surface area contributed by atoms with E-state index in [1.165, 1.54) is 16.9 Å². The van der Waals surface area contributed by atoms with Crippen molar-refractivity contribution >= 4 is 25.1 Å². The van der Waals surface area contributed by atoms with Gasteiger partial charge < -0.3 is 29.9 Å². The lowest BCUT2D eigenvalue weighted by Gasteiger charge is -2.27. The van der Waals surface area contributed by atoms with Gasteiger partial charge in [-0.1, -0.05) is 75.2 Å². The number of hydrogen-bond donors (Lipinski definition) is 4. The van der Waals surface area contributed by atoms with Crippen LogP contribution in [0.25, 0.3) is 5.52 Å². The third kappa shape index (κ3) is 7.52. The number of nitriles is 1. The number of aliphatic hydroxyl groups is 2. The molecule has 1 aliphatic rings. The summed E-state index contributed by atoms with van der Waals surface area (Å²) in [5.74, 6) is -0.189. The number of carbonyl (C=O) groups is 1. The van der Waals surface area contributed by atoms with Gasteiger partial charge in [-0.15, -0.1) is 0 Å². The number of carbonyl (C=O) groups excluding carboxylic acids is 1. The molecule has 1 fully saturated rings. The lowest BCUT2D eigenvalue weighted by atomic mass is 9.92. The summed E-state index contributed by atoms with van der Waals surface area (Å²) in [5, 5.41) is 39.4. The monoisotopic (exact) mass is 678 g/mol. The normalized spacial score (nSPS) is 22.6. The topological polar surface area (TPSA) is 204 Å². The molecule has 1 aliphatic heterocycles. The molecular weight excluding hydrogens is 639 g/mol. The maximum absolute atomic E-state index is 14.5. The largest absolute Gasteiger partial charge is 0.464 e. The minimum Gasteiger partial charge on any atom is -0.464 e. The second kappa shape index (κ2) is 15.3. The summed E-state index contributed by atoms with van der Waals surface area (Å²) in [6.45, 7) is 3.60. The van der Waals surface area contributed by atoms with E-state index < -0.39 is 50.3 Å². The van der Waals surface area contributed by atoms with Crippen molar-refractivity contribution in [2.75, 3.05) is 18.9 Å². The Kier molecular flexibility index (Phi) is 11.1. The van der Waals surface area contributed by atoms with E-state index in [4.69, 9.17) is 24.3 Å². The molecule has 2 aromatic heterocycles. The third-order valence-electron chi connectivity index (χ3n) is 8.36. The first kappa shape index (κ1) is 35.0. The molecule has 48 heavy (non-hydrogen) atoms. The summed E-state index contributed by atoms with van der Waals surface area (Å²) in [7, 11) is -4.45. The van der Waals surface area contributed by atoms with Crippen LogP contribution >= 0.6 is 7.75 Å². The highest BCUT2D eigenvalue weighted by atomic mass is 31.2. The van der Waals surface area contributed by atoms with Gasteiger partial charge in [0.15, 0.2) is 5.82 Å². The molecule has 1 saturated heterocycles. The number of ether oxygens (including phenoxy) is 2. The van der Waals surface area contributed by atoms with E-state index in [0.717, 1.165) is 18.4 Å². The Hall–Kier alpha value is -4.35. The summed E-state index contributed by atoms with van der Waals surface area (Å²) in [6, 6.07) is 21.2. The standard InChI is InChI=1S/C33H39N6O8P/c1-3-22(4-2)18-44-32(42)25(17-23-11-7-5-8-12-23)38-48(43,47-24-13-9-6-10-14-24)45-19-27-29(40)30(41)33(20-34,46-27)28-16-15-26-31(35)36-21-37-39(26)28/h5-16,21-22,25,27,29-30,40-41H,3-4,17-19H2,1-2H3,(H,38,43)(H2,35,36,37)/t25-,27+,29+,30+,33-,48?/m0/s1. The fourth-order valence-corrected chi connectivity index (χ4v) is 6.98. The Balaban J connectivity index is 1.41. The molecule has 6 atom stereocenters. The van der Waals surface area contributed by atoms with Gasteiger partial charge in [0.25, 0.3) is 0 Å². The van der Waals surface area contributed by atoms with E-state index in [1.54, 1.807) is 36.4 Å². The van der Waals surface area contributed by atoms with Gasteiger partial charge in [0.2, 0.25) is 5.60 Å². The number of aromatic nitrogens is 3. The molecule has 15 heteroatoms. The van der Waals surface area contributed by atoms with Crippen molar-refractivity contribution in [3.05, 3.63) is 90.4 Å². The summed E-state index contributed by atoms with van der Waals surface area (Å²) < 4.78 is 39.1. The highest BCUT2D eigenvalue weighted by Crippen LogP contribution is 2.47. The number of esters is 1. The van der Waals surface area contributed by atoms with Crippen molar-refractivity contribution in [3.8, 4) is 11.8 Å². The number of para-hydroxylation sites is 1. The number of rotatable bonds is 15. The van der Waals surface area contributed by atoms with Crippen molar-refractivity contribution in [3.63, 3.8) is 0 Å². The van der Waals surface area contributed by atoms with Crippen LogP contribution in [0.2, 0.25) is 0 Å². The molecule has 2 aromatic carbocycles. The Morgan fingerprint density at radius 3 is 2.48 bits per heavy atom. The molecule has 254 valence electrons. The lowest BCUT2D eigenvalue weighted by Crippen LogP contribution is -2.41. The van der Waals surface area contributed by atoms with E-state index >= 15 is 0 Å². The average molecular weight is 679 g/mol. The summed E-state index contributed by atoms with van der Waals surface area (Å²) >= 11 is 0. The number of nitrogens with one attached hydrogen (secondary N) is 1. The highest BCUT2D eigenvalue weighted by molar-refractivity contribution is 7.52. The van der Waals surface area contributed by atoms with Gasteiger partial charge in [-0.3, -0.25) is 9.32 Å². The molecule has 0 amide bonds. The van der Waals surface area contributed by atoms with E-state index in [2.05, 4.69) is 15.2 Å². The molecular formula is C33H39N6O8P. The van der Waals surface area contributed by atoms with Gasteiger partial charge in [0, 0.05) is 0 Å². The van der Waals surface area contributed by atoms with Crippen molar-refractivity contribution in [2.24, 2.45) is 5.92 Å². The first-order valence-electron chi connectivity index (χ1n) is 15.6. The number of nitrogens with zero attached hydrogens (tertiary/aromatic N) is 4. The zero-order chi connectivity index (χ0) is 34.3. The predicted molar refractivity (Wildman–Crippen MR) is 174 cm³/mol. The Morgan fingerprint density at radius 1 is 1.12 bits per heavy atom. The average Bonchev–Trinajstić information content (AvgIpc) is 3.64. The van der Waals surface area contributed by atoms with Crippen LogP contribution in [-0.2, 0) is 35.4 Å². The number of fused-ring (bicyclic) bond motifs is 1. The quantitative estimate of drug-likeness (QED) is 0.105. The molecule has 1 unspecified atom stereocenters. The van der Waals surface area contributed by atoms with E-state index in [1.807, 2.05) is 50.2 Å². The maximum Gasteiger partial charge on any atom is 0.459 e. The number of aliphatic hydroxyl groups excluding tert-OH is 2. The minimum absolute atomic E-state index is 0.0909. The summed E-state index contributed by atoms with van der Waals surface area (Å²) in [4.78, 5) is 17.4. The maximum atomic E-state index is 14.5. The van der Waals surface area contributed by atoms with Gasteiger partial charge in [0.1, 0.15) is 48.0 Å². The zero-order valence-corrected chi connectivity index (χ0v) is 27.5. The van der Waals surface area contributed by atoms with Gasteiger partial charge in [-0.2, -0.15) is 15.4 Å². The minimum atomic E-state index is -4.45. The molecule has 14 nitrogen and oxygen atoms in total. The van der Waals surface area contributed by atoms with E-state index in [-0.39, 0.29) is 36.2 Å². The van der Waals surface area contributed by atoms with Crippen LogP contribution in [0.1, 0.15) is 37.9 Å². The molecule has 0 bridgehead atoms. The van der Waals surface area contributed by atoms with E-state index in [0.29, 0.717) is 5.52 Å². The number of anilines is 1. The van der Waals surface area contributed by atoms with Crippen LogP contribution in [0.15, 0.2) is 79.1 Å². The van der Waals surface area contributed by atoms with Crippen molar-refractivity contribution in [1.82, 2.24) is 19.7 Å². The van der Waals surface area contributed by atoms with Gasteiger partial charge >= 0.3 is 13.7 Å². The third-order valence-corrected chi connectivity index (χ3v) is 9.93. The molecule has 0 aliphatic carbocycles. The van der Waals surface area contributed by atoms with Crippen LogP contribution in [0, 0.1) is 17.2 Å². The number of nitrogen functional groups attached to an aromatic ring is 1. The number of nitrogens with two attached hydrogens (primary N) is 1. The SMILES string of the molecule is CCC(CC)COC(=O)[C@H](Cc1ccccc1)NP(=O)(OC[C@H]1O[C@@](C#N)(c2ccc3c(N)ncnn23)[C@H](O)[C@@H]1O)Oc1ccccc1. The molecule has 0 spiro atoms. The number of benzene rings is 2. The Labute approximate surface area is 278 Å². The van der Waals surface area contributed by atoms with Crippen LogP contribution in [0.5, 0.6) is 5.75 Å². The molecule has 5 N–H and O–H groups in total. The zero-order valence-electron chi connectivity index (χ0n) is 26.6. The second-order valence-electron chi connectivity index (χ2n) is 11.5. The van der Waals surface area contributed by atoms with Gasteiger partial charge in [-0.25, -0.2) is 14.1 Å². The smallest absolute Gasteiger partial charge is 0.459 e. The molecule has 4 aromatic rings. The van der Waals surface area contributed by atoms with Crippen molar-refractivity contribution < 1.29 is 38.1 Å². The van der Waals surface area contributed by atoms with Crippen LogP contribution < -0.4 is 15.3 Å². The molecule has 0 radical (unpaired) electrons. The van der Waals surface area contributed by atoms with Crippen molar-refractivity contribution in [2.45, 2.75) is 63.1 Å². The van der Waals surface area contributed by atoms with Crippen molar-refractivity contribution in [1.29, 1.82) is 5.26 Å².